The van der Waals surface area contributed by atoms with Crippen molar-refractivity contribution in [3.8, 4) is 11.3 Å². The molecular weight excluding hydrogens is 334 g/mol. The number of aromatic nitrogens is 2. The van der Waals surface area contributed by atoms with Crippen LogP contribution >= 0.6 is 12.2 Å². The number of rotatable bonds is 5. The first-order valence-corrected chi connectivity index (χ1v) is 7.02. The van der Waals surface area contributed by atoms with Gasteiger partial charge in [-0.25, -0.2) is 4.79 Å². The van der Waals surface area contributed by atoms with Gasteiger partial charge in [-0.15, -0.1) is 0 Å². The molecule has 2 aromatic heterocycles. The number of hydrogen-bond donors (Lipinski definition) is 4. The van der Waals surface area contributed by atoms with E-state index in [1.165, 1.54) is 0 Å². The molecule has 0 spiro atoms. The van der Waals surface area contributed by atoms with Gasteiger partial charge in [-0.05, 0) is 24.3 Å². The van der Waals surface area contributed by atoms with E-state index in [4.69, 9.17) is 33.3 Å². The second-order valence-corrected chi connectivity index (χ2v) is 4.87. The maximum atomic E-state index is 9.72. The summed E-state index contributed by atoms with van der Waals surface area (Å²) < 4.78 is 0. The third-order valence-corrected chi connectivity index (χ3v) is 2.83. The Morgan fingerprint density at radius 3 is 2.25 bits per heavy atom. The van der Waals surface area contributed by atoms with E-state index in [2.05, 4.69) is 9.97 Å². The van der Waals surface area contributed by atoms with Gasteiger partial charge >= 0.3 is 11.9 Å². The fourth-order valence-electron chi connectivity index (χ4n) is 1.58. The number of aliphatic hydroxyl groups excluding tert-OH is 1. The summed E-state index contributed by atoms with van der Waals surface area (Å²) in [5.41, 5.74) is 7.90. The summed E-state index contributed by atoms with van der Waals surface area (Å²) in [7, 11) is 0. The quantitative estimate of drug-likeness (QED) is 0.572. The van der Waals surface area contributed by atoms with Gasteiger partial charge in [-0.3, -0.25) is 14.8 Å². The van der Waals surface area contributed by atoms with E-state index in [1.807, 2.05) is 30.3 Å². The van der Waals surface area contributed by atoms with Gasteiger partial charge in [-0.1, -0.05) is 18.3 Å². The second-order valence-electron chi connectivity index (χ2n) is 4.43. The topological polar surface area (TPSA) is 147 Å². The van der Waals surface area contributed by atoms with Crippen molar-refractivity contribution >= 4 is 29.1 Å². The standard InChI is InChI=1S/C11H9N3S.C4H6O5/c12-11(15)10-8(4-3-7-14-10)9-5-1-2-6-13-9;5-2(4(8)9)1-3(6)7/h1-7H,(H2,12,15);2,5H,1H2,(H,6,7)(H,8,9). The number of thiocarbonyl (C=S) groups is 1. The van der Waals surface area contributed by atoms with Crippen molar-refractivity contribution in [2.45, 2.75) is 12.5 Å². The first kappa shape index (κ1) is 19.1. The van der Waals surface area contributed by atoms with Gasteiger partial charge in [0.05, 0.1) is 12.1 Å². The predicted octanol–water partition coefficient (Wildman–Crippen LogP) is 0.684. The Bertz CT molecular complexity index is 724. The highest BCUT2D eigenvalue weighted by Gasteiger charge is 2.16. The van der Waals surface area contributed by atoms with Crippen LogP contribution in [0.2, 0.25) is 0 Å². The molecule has 8 nitrogen and oxygen atoms in total. The molecule has 0 fully saturated rings. The van der Waals surface area contributed by atoms with Crippen LogP contribution in [-0.2, 0) is 9.59 Å². The van der Waals surface area contributed by atoms with Gasteiger partial charge in [0.2, 0.25) is 0 Å². The number of carbonyl (C=O) groups is 2. The summed E-state index contributed by atoms with van der Waals surface area (Å²) in [6.45, 7) is 0. The van der Waals surface area contributed by atoms with Crippen LogP contribution in [0.15, 0.2) is 42.7 Å². The van der Waals surface area contributed by atoms with Crippen LogP contribution in [0.25, 0.3) is 11.3 Å². The van der Waals surface area contributed by atoms with Crippen LogP contribution in [0.5, 0.6) is 0 Å². The van der Waals surface area contributed by atoms with Crippen LogP contribution in [0.3, 0.4) is 0 Å². The number of nitrogens with two attached hydrogens (primary N) is 1. The zero-order valence-corrected chi connectivity index (χ0v) is 13.2. The zero-order valence-electron chi connectivity index (χ0n) is 12.4. The third-order valence-electron chi connectivity index (χ3n) is 2.63. The van der Waals surface area contributed by atoms with Gasteiger partial charge in [-0.2, -0.15) is 0 Å². The summed E-state index contributed by atoms with van der Waals surface area (Å²) in [6, 6.07) is 9.42. The Morgan fingerprint density at radius 1 is 1.12 bits per heavy atom. The molecule has 0 saturated heterocycles. The zero-order chi connectivity index (χ0) is 18.1. The predicted molar refractivity (Wildman–Crippen MR) is 89.3 cm³/mol. The summed E-state index contributed by atoms with van der Waals surface area (Å²) >= 11 is 4.94. The molecule has 2 rings (SSSR count). The minimum atomic E-state index is -1.79. The van der Waals surface area contributed by atoms with Gasteiger partial charge in [0.1, 0.15) is 10.7 Å². The van der Waals surface area contributed by atoms with Crippen molar-refractivity contribution in [3.05, 3.63) is 48.4 Å². The highest BCUT2D eigenvalue weighted by Crippen LogP contribution is 2.18. The molecule has 1 atom stereocenters. The smallest absolute Gasteiger partial charge is 0.333 e. The lowest BCUT2D eigenvalue weighted by Crippen LogP contribution is -2.22. The number of carboxylic acids is 2. The molecule has 0 aliphatic rings. The molecule has 0 bridgehead atoms. The Balaban J connectivity index is 0.000000277. The van der Waals surface area contributed by atoms with E-state index >= 15 is 0 Å². The van der Waals surface area contributed by atoms with E-state index < -0.39 is 24.5 Å². The van der Waals surface area contributed by atoms with Crippen molar-refractivity contribution in [2.24, 2.45) is 5.73 Å². The molecule has 2 aromatic rings. The number of pyridine rings is 2. The van der Waals surface area contributed by atoms with Crippen LogP contribution < -0.4 is 5.73 Å². The molecule has 2 heterocycles. The van der Waals surface area contributed by atoms with Crippen molar-refractivity contribution in [3.63, 3.8) is 0 Å². The fourth-order valence-corrected chi connectivity index (χ4v) is 1.75. The van der Waals surface area contributed by atoms with Gasteiger partial charge < -0.3 is 21.1 Å². The van der Waals surface area contributed by atoms with Gasteiger partial charge in [0.15, 0.2) is 6.10 Å². The minimum Gasteiger partial charge on any atom is -0.481 e. The lowest BCUT2D eigenvalue weighted by Gasteiger charge is -2.05. The molecule has 1 unspecified atom stereocenters. The summed E-state index contributed by atoms with van der Waals surface area (Å²) in [5, 5.41) is 24.1. The van der Waals surface area contributed by atoms with E-state index in [1.54, 1.807) is 12.4 Å². The fraction of sp³-hybridized carbons (Fsp3) is 0.133. The summed E-state index contributed by atoms with van der Waals surface area (Å²) in [5.74, 6) is -2.85. The van der Waals surface area contributed by atoms with Crippen molar-refractivity contribution in [1.29, 1.82) is 0 Å². The molecule has 0 aromatic carbocycles. The second kappa shape index (κ2) is 9.28. The average Bonchev–Trinajstić information content (AvgIpc) is 2.55. The molecule has 126 valence electrons. The summed E-state index contributed by atoms with van der Waals surface area (Å²) in [4.78, 5) is 28.1. The molecule has 0 aliphatic carbocycles. The van der Waals surface area contributed by atoms with Crippen molar-refractivity contribution in [1.82, 2.24) is 9.97 Å². The summed E-state index contributed by atoms with van der Waals surface area (Å²) in [6.07, 6.45) is 0.851. The normalized spacial score (nSPS) is 10.9. The van der Waals surface area contributed by atoms with Crippen LogP contribution in [-0.4, -0.2) is 48.3 Å². The molecule has 0 aliphatic heterocycles. The lowest BCUT2D eigenvalue weighted by molar-refractivity contribution is -0.152. The molecule has 0 radical (unpaired) electrons. The number of nitrogens with zero attached hydrogens (tertiary/aromatic N) is 2. The Labute approximate surface area is 142 Å². The maximum Gasteiger partial charge on any atom is 0.333 e. The Kier molecular flexibility index (Phi) is 7.40. The molecule has 0 amide bonds. The Hall–Kier alpha value is -2.91. The largest absolute Gasteiger partial charge is 0.481 e. The maximum absolute atomic E-state index is 9.72. The van der Waals surface area contributed by atoms with E-state index in [0.29, 0.717) is 5.69 Å². The van der Waals surface area contributed by atoms with E-state index in [0.717, 1.165) is 11.3 Å². The van der Waals surface area contributed by atoms with Crippen molar-refractivity contribution in [2.75, 3.05) is 0 Å². The molecule has 5 N–H and O–H groups in total. The highest BCUT2D eigenvalue weighted by atomic mass is 32.1. The van der Waals surface area contributed by atoms with E-state index in [-0.39, 0.29) is 4.99 Å². The van der Waals surface area contributed by atoms with Crippen molar-refractivity contribution < 1.29 is 24.9 Å². The van der Waals surface area contributed by atoms with Gasteiger partial charge in [0.25, 0.3) is 0 Å². The monoisotopic (exact) mass is 349 g/mol. The lowest BCUT2D eigenvalue weighted by atomic mass is 10.1. The van der Waals surface area contributed by atoms with Crippen LogP contribution in [0.4, 0.5) is 0 Å². The van der Waals surface area contributed by atoms with Crippen LogP contribution in [0, 0.1) is 0 Å². The first-order chi connectivity index (χ1) is 11.3. The number of carboxylic acid groups (broad SMARTS) is 2. The first-order valence-electron chi connectivity index (χ1n) is 6.61. The Morgan fingerprint density at radius 2 is 1.79 bits per heavy atom. The number of aliphatic carboxylic acids is 2. The number of hydrogen-bond acceptors (Lipinski definition) is 6. The van der Waals surface area contributed by atoms with E-state index in [9.17, 15) is 9.59 Å². The molecule has 9 heteroatoms. The highest BCUT2D eigenvalue weighted by molar-refractivity contribution is 7.80. The number of aliphatic hydroxyl groups is 1. The van der Waals surface area contributed by atoms with Crippen LogP contribution in [0.1, 0.15) is 12.1 Å². The minimum absolute atomic E-state index is 0.288. The SMILES string of the molecule is NC(=S)c1ncccc1-c1ccccn1.O=C(O)CC(O)C(=O)O. The third kappa shape index (κ3) is 6.07. The molecule has 24 heavy (non-hydrogen) atoms. The molecule has 0 saturated carbocycles. The molecular formula is C15H15N3O5S. The average molecular weight is 349 g/mol. The van der Waals surface area contributed by atoms with Gasteiger partial charge in [0, 0.05) is 18.0 Å².